The molecule has 4 nitrogen and oxygen atoms in total. The Morgan fingerprint density at radius 2 is 2.00 bits per heavy atom. The van der Waals surface area contributed by atoms with Crippen molar-refractivity contribution in [1.29, 1.82) is 0 Å². The fourth-order valence-electron chi connectivity index (χ4n) is 1.86. The maximum Gasteiger partial charge on any atom is 0.322 e. The average Bonchev–Trinajstić information content (AvgIpc) is 3.07. The molecule has 17 heavy (non-hydrogen) atoms. The molecule has 0 aromatic heterocycles. The third-order valence-corrected chi connectivity index (χ3v) is 3.37. The van der Waals surface area contributed by atoms with Gasteiger partial charge in [0.25, 0.3) is 0 Å². The van der Waals surface area contributed by atoms with Crippen molar-refractivity contribution in [2.45, 2.75) is 12.3 Å². The molecule has 0 radical (unpaired) electrons. The summed E-state index contributed by atoms with van der Waals surface area (Å²) in [6.45, 7) is -0.303. The van der Waals surface area contributed by atoms with Gasteiger partial charge in [-0.3, -0.25) is 9.59 Å². The lowest BCUT2D eigenvalue weighted by molar-refractivity contribution is -0.138. The van der Waals surface area contributed by atoms with Crippen LogP contribution in [-0.2, 0) is 9.59 Å². The third kappa shape index (κ3) is 3.06. The van der Waals surface area contributed by atoms with Gasteiger partial charge in [-0.05, 0) is 30.0 Å². The van der Waals surface area contributed by atoms with Gasteiger partial charge in [0.2, 0.25) is 5.91 Å². The molecule has 2 unspecified atom stereocenters. The zero-order valence-corrected chi connectivity index (χ0v) is 10.6. The van der Waals surface area contributed by atoms with Gasteiger partial charge >= 0.3 is 5.97 Å². The molecule has 1 fully saturated rings. The molecule has 0 spiro atoms. The van der Waals surface area contributed by atoms with Gasteiger partial charge in [0.1, 0.15) is 6.54 Å². The summed E-state index contributed by atoms with van der Waals surface area (Å²) < 4.78 is 1.01. The second-order valence-electron chi connectivity index (χ2n) is 4.11. The van der Waals surface area contributed by atoms with Crippen LogP contribution in [0.4, 0.5) is 0 Å². The lowest BCUT2D eigenvalue weighted by Gasteiger charge is -2.02. The Morgan fingerprint density at radius 1 is 1.35 bits per heavy atom. The van der Waals surface area contributed by atoms with Gasteiger partial charge in [0, 0.05) is 10.4 Å². The fraction of sp³-hybridized carbons (Fsp3) is 0.333. The quantitative estimate of drug-likeness (QED) is 0.890. The molecule has 90 valence electrons. The minimum Gasteiger partial charge on any atom is -0.480 e. The summed E-state index contributed by atoms with van der Waals surface area (Å²) in [7, 11) is 0. The number of rotatable bonds is 4. The largest absolute Gasteiger partial charge is 0.480 e. The number of nitrogens with one attached hydrogen (secondary N) is 1. The van der Waals surface area contributed by atoms with E-state index in [1.165, 1.54) is 0 Å². The molecule has 1 saturated carbocycles. The highest BCUT2D eigenvalue weighted by atomic mass is 79.9. The SMILES string of the molecule is O=C(O)CNC(=O)C1CC1c1ccc(Br)cc1. The van der Waals surface area contributed by atoms with Crippen LogP contribution in [0.3, 0.4) is 0 Å². The summed E-state index contributed by atoms with van der Waals surface area (Å²) in [5.74, 6) is -1.02. The van der Waals surface area contributed by atoms with Gasteiger partial charge < -0.3 is 10.4 Å². The lowest BCUT2D eigenvalue weighted by atomic mass is 10.1. The summed E-state index contributed by atoms with van der Waals surface area (Å²) in [5, 5.41) is 10.9. The van der Waals surface area contributed by atoms with Crippen molar-refractivity contribution in [3.8, 4) is 0 Å². The molecule has 5 heteroatoms. The molecule has 1 amide bonds. The standard InChI is InChI=1S/C12H12BrNO3/c13-8-3-1-7(2-4-8)9-5-10(9)12(17)14-6-11(15)16/h1-4,9-10H,5-6H2,(H,14,17)(H,15,16). The smallest absolute Gasteiger partial charge is 0.322 e. The van der Waals surface area contributed by atoms with E-state index in [1.54, 1.807) is 0 Å². The molecule has 1 aromatic carbocycles. The number of halogens is 1. The van der Waals surface area contributed by atoms with E-state index in [9.17, 15) is 9.59 Å². The van der Waals surface area contributed by atoms with Crippen molar-refractivity contribution < 1.29 is 14.7 Å². The highest BCUT2D eigenvalue weighted by Crippen LogP contribution is 2.47. The number of aliphatic carboxylic acids is 1. The summed E-state index contributed by atoms with van der Waals surface area (Å²) in [6, 6.07) is 7.86. The number of hydrogen-bond donors (Lipinski definition) is 2. The summed E-state index contributed by atoms with van der Waals surface area (Å²) in [6.07, 6.45) is 0.799. The minimum atomic E-state index is -1.01. The molecule has 1 aliphatic rings. The zero-order valence-electron chi connectivity index (χ0n) is 9.02. The topological polar surface area (TPSA) is 66.4 Å². The van der Waals surface area contributed by atoms with Crippen molar-refractivity contribution in [2.24, 2.45) is 5.92 Å². The number of amides is 1. The predicted molar refractivity (Wildman–Crippen MR) is 65.6 cm³/mol. The van der Waals surface area contributed by atoms with Crippen molar-refractivity contribution in [1.82, 2.24) is 5.32 Å². The lowest BCUT2D eigenvalue weighted by Crippen LogP contribution is -2.30. The van der Waals surface area contributed by atoms with Gasteiger partial charge in [-0.2, -0.15) is 0 Å². The van der Waals surface area contributed by atoms with Crippen molar-refractivity contribution in [3.05, 3.63) is 34.3 Å². The van der Waals surface area contributed by atoms with Crippen LogP contribution in [0.25, 0.3) is 0 Å². The van der Waals surface area contributed by atoms with E-state index in [4.69, 9.17) is 5.11 Å². The molecule has 2 N–H and O–H groups in total. The van der Waals surface area contributed by atoms with Crippen LogP contribution >= 0.6 is 15.9 Å². The van der Waals surface area contributed by atoms with Crippen LogP contribution in [0, 0.1) is 5.92 Å². The maximum atomic E-state index is 11.6. The first-order valence-corrected chi connectivity index (χ1v) is 6.12. The molecule has 0 bridgehead atoms. The molecule has 0 heterocycles. The first-order chi connectivity index (χ1) is 8.08. The van der Waals surface area contributed by atoms with Crippen LogP contribution in [0.1, 0.15) is 17.9 Å². The van der Waals surface area contributed by atoms with E-state index in [0.29, 0.717) is 0 Å². The molecule has 1 aliphatic carbocycles. The van der Waals surface area contributed by atoms with E-state index >= 15 is 0 Å². The Morgan fingerprint density at radius 3 is 2.59 bits per heavy atom. The van der Waals surface area contributed by atoms with Crippen LogP contribution in [0.2, 0.25) is 0 Å². The molecule has 0 saturated heterocycles. The van der Waals surface area contributed by atoms with E-state index in [-0.39, 0.29) is 24.3 Å². The number of carbonyl (C=O) groups is 2. The molecule has 1 aromatic rings. The summed E-state index contributed by atoms with van der Waals surface area (Å²) in [4.78, 5) is 21.9. The second kappa shape index (κ2) is 4.87. The molecular weight excluding hydrogens is 286 g/mol. The fourth-order valence-corrected chi connectivity index (χ4v) is 2.12. The second-order valence-corrected chi connectivity index (χ2v) is 5.03. The normalized spacial score (nSPS) is 21.9. The Kier molecular flexibility index (Phi) is 3.47. The highest BCUT2D eigenvalue weighted by Gasteiger charge is 2.43. The zero-order chi connectivity index (χ0) is 12.4. The van der Waals surface area contributed by atoms with Gasteiger partial charge in [-0.1, -0.05) is 28.1 Å². The van der Waals surface area contributed by atoms with Crippen LogP contribution in [0.15, 0.2) is 28.7 Å². The summed E-state index contributed by atoms with van der Waals surface area (Å²) in [5.41, 5.74) is 1.13. The Labute approximate surface area is 107 Å². The first kappa shape index (κ1) is 12.1. The van der Waals surface area contributed by atoms with Crippen molar-refractivity contribution in [3.63, 3.8) is 0 Å². The first-order valence-electron chi connectivity index (χ1n) is 5.33. The number of hydrogen-bond acceptors (Lipinski definition) is 2. The number of carbonyl (C=O) groups excluding carboxylic acids is 1. The Hall–Kier alpha value is -1.36. The predicted octanol–water partition coefficient (Wildman–Crippen LogP) is 1.75. The third-order valence-electron chi connectivity index (χ3n) is 2.84. The van der Waals surface area contributed by atoms with Crippen LogP contribution < -0.4 is 5.32 Å². The van der Waals surface area contributed by atoms with Gasteiger partial charge in [0.05, 0.1) is 0 Å². The number of carboxylic acids is 1. The highest BCUT2D eigenvalue weighted by molar-refractivity contribution is 9.10. The summed E-state index contributed by atoms with van der Waals surface area (Å²) >= 11 is 3.36. The maximum absolute atomic E-state index is 11.6. The molecule has 0 aliphatic heterocycles. The van der Waals surface area contributed by atoms with Crippen LogP contribution in [-0.4, -0.2) is 23.5 Å². The van der Waals surface area contributed by atoms with E-state index in [1.807, 2.05) is 24.3 Å². The van der Waals surface area contributed by atoms with E-state index < -0.39 is 5.97 Å². The number of benzene rings is 1. The molecular formula is C12H12BrNO3. The average molecular weight is 298 g/mol. The van der Waals surface area contributed by atoms with E-state index in [0.717, 1.165) is 16.5 Å². The van der Waals surface area contributed by atoms with Gasteiger partial charge in [-0.25, -0.2) is 0 Å². The van der Waals surface area contributed by atoms with Crippen molar-refractivity contribution in [2.75, 3.05) is 6.54 Å². The minimum absolute atomic E-state index is 0.0736. The molecule has 2 atom stereocenters. The molecule has 2 rings (SSSR count). The number of carboxylic acid groups (broad SMARTS) is 1. The monoisotopic (exact) mass is 297 g/mol. The van der Waals surface area contributed by atoms with Gasteiger partial charge in [0.15, 0.2) is 0 Å². The van der Waals surface area contributed by atoms with E-state index in [2.05, 4.69) is 21.2 Å². The van der Waals surface area contributed by atoms with Crippen molar-refractivity contribution >= 4 is 27.8 Å². The Balaban J connectivity index is 1.89. The van der Waals surface area contributed by atoms with Gasteiger partial charge in [-0.15, -0.1) is 0 Å². The van der Waals surface area contributed by atoms with Crippen LogP contribution in [0.5, 0.6) is 0 Å². The Bertz CT molecular complexity index is 444.